The summed E-state index contributed by atoms with van der Waals surface area (Å²) in [5.74, 6) is 0.523. The Labute approximate surface area is 220 Å². The molecule has 5 nitrogen and oxygen atoms in total. The van der Waals surface area contributed by atoms with Crippen LogP contribution in [0.5, 0.6) is 11.5 Å². The fraction of sp³-hybridized carbons (Fsp3) is 0.0714. The molecule has 36 heavy (non-hydrogen) atoms. The number of thioether (sulfide) groups is 1. The molecule has 0 spiro atoms. The van der Waals surface area contributed by atoms with Crippen molar-refractivity contribution in [3.8, 4) is 11.5 Å². The molecule has 0 radical (unpaired) electrons. The number of hydrogen-bond acceptors (Lipinski definition) is 5. The van der Waals surface area contributed by atoms with Gasteiger partial charge in [0.05, 0.1) is 22.2 Å². The molecule has 1 N–H and O–H groups in total. The number of amides is 1. The molecule has 0 unspecified atom stereocenters. The standard InChI is InChI=1S/C28H20BrFN2O3S/c1-34-24-14-18(15-25-27(33)32-28(36-25)31-22-10-8-21(30)9-11-22)13-23(29)26(24)35-16-17-6-7-19-4-2-3-5-20(19)12-17/h2-15H,16H2,1H3,(H,31,32,33)/b25-15+. The van der Waals surface area contributed by atoms with Crippen LogP contribution < -0.4 is 14.8 Å². The highest BCUT2D eigenvalue weighted by molar-refractivity contribution is 9.10. The van der Waals surface area contributed by atoms with Crippen molar-refractivity contribution >= 4 is 61.3 Å². The summed E-state index contributed by atoms with van der Waals surface area (Å²) in [7, 11) is 1.58. The number of carbonyl (C=O) groups is 1. The van der Waals surface area contributed by atoms with Gasteiger partial charge in [0.15, 0.2) is 16.7 Å². The van der Waals surface area contributed by atoms with Crippen LogP contribution in [-0.4, -0.2) is 18.2 Å². The molecule has 0 aliphatic carbocycles. The zero-order valence-electron chi connectivity index (χ0n) is 19.1. The van der Waals surface area contributed by atoms with Gasteiger partial charge in [0, 0.05) is 0 Å². The number of nitrogens with one attached hydrogen (secondary N) is 1. The topological polar surface area (TPSA) is 59.9 Å². The van der Waals surface area contributed by atoms with Crippen LogP contribution in [0.3, 0.4) is 0 Å². The van der Waals surface area contributed by atoms with E-state index in [1.165, 1.54) is 29.3 Å². The molecule has 4 aromatic rings. The Morgan fingerprint density at radius 3 is 2.58 bits per heavy atom. The van der Waals surface area contributed by atoms with Crippen molar-refractivity contribution in [3.63, 3.8) is 0 Å². The molecule has 1 saturated heterocycles. The summed E-state index contributed by atoms with van der Waals surface area (Å²) in [5.41, 5.74) is 2.36. The van der Waals surface area contributed by atoms with E-state index >= 15 is 0 Å². The van der Waals surface area contributed by atoms with Gasteiger partial charge >= 0.3 is 0 Å². The smallest absolute Gasteiger partial charge is 0.264 e. The van der Waals surface area contributed by atoms with Crippen LogP contribution in [-0.2, 0) is 11.4 Å². The van der Waals surface area contributed by atoms with Gasteiger partial charge in [0.1, 0.15) is 12.4 Å². The number of halogens is 2. The van der Waals surface area contributed by atoms with Crippen LogP contribution >= 0.6 is 27.7 Å². The van der Waals surface area contributed by atoms with E-state index in [0.717, 1.165) is 16.5 Å². The lowest BCUT2D eigenvalue weighted by atomic mass is 10.1. The third-order valence-corrected chi connectivity index (χ3v) is 6.95. The zero-order chi connectivity index (χ0) is 25.1. The van der Waals surface area contributed by atoms with Crippen molar-refractivity contribution in [1.29, 1.82) is 0 Å². The lowest BCUT2D eigenvalue weighted by Gasteiger charge is -2.14. The number of hydrogen-bond donors (Lipinski definition) is 1. The lowest BCUT2D eigenvalue weighted by Crippen LogP contribution is -2.19. The molecule has 0 aromatic heterocycles. The van der Waals surface area contributed by atoms with E-state index in [4.69, 9.17) is 9.47 Å². The Hall–Kier alpha value is -3.62. The number of fused-ring (bicyclic) bond motifs is 1. The molecule has 1 amide bonds. The minimum atomic E-state index is -0.341. The Morgan fingerprint density at radius 2 is 1.81 bits per heavy atom. The molecule has 1 heterocycles. The largest absolute Gasteiger partial charge is 0.493 e. The van der Waals surface area contributed by atoms with E-state index in [1.54, 1.807) is 25.3 Å². The summed E-state index contributed by atoms with van der Waals surface area (Å²) in [6.07, 6.45) is 1.76. The van der Waals surface area contributed by atoms with E-state index in [2.05, 4.69) is 50.5 Å². The number of nitrogens with zero attached hydrogens (tertiary/aromatic N) is 1. The highest BCUT2D eigenvalue weighted by Crippen LogP contribution is 2.39. The Morgan fingerprint density at radius 1 is 1.03 bits per heavy atom. The minimum Gasteiger partial charge on any atom is -0.493 e. The quantitative estimate of drug-likeness (QED) is 0.252. The van der Waals surface area contributed by atoms with Gasteiger partial charge in [-0.1, -0.05) is 36.4 Å². The van der Waals surface area contributed by atoms with E-state index < -0.39 is 0 Å². The van der Waals surface area contributed by atoms with E-state index in [1.807, 2.05) is 30.3 Å². The average molecular weight is 563 g/mol. The molecular formula is C28H20BrFN2O3S. The summed E-state index contributed by atoms with van der Waals surface area (Å²) in [6.45, 7) is 0.377. The van der Waals surface area contributed by atoms with E-state index in [9.17, 15) is 9.18 Å². The van der Waals surface area contributed by atoms with Crippen LogP contribution in [0, 0.1) is 5.82 Å². The van der Waals surface area contributed by atoms with Gasteiger partial charge < -0.3 is 14.8 Å². The molecule has 1 fully saturated rings. The minimum absolute atomic E-state index is 0.257. The fourth-order valence-corrected chi connectivity index (χ4v) is 5.13. The van der Waals surface area contributed by atoms with Gasteiger partial charge in [-0.05, 0) is 98.1 Å². The zero-order valence-corrected chi connectivity index (χ0v) is 21.5. The summed E-state index contributed by atoms with van der Waals surface area (Å²) in [6, 6.07) is 23.8. The normalized spacial score (nSPS) is 15.5. The molecule has 0 bridgehead atoms. The Balaban J connectivity index is 1.34. The first-order chi connectivity index (χ1) is 17.5. The Kier molecular flexibility index (Phi) is 7.06. The number of ether oxygens (including phenoxy) is 2. The number of aliphatic imine (C=N–C) groups is 1. The predicted octanol–water partition coefficient (Wildman–Crippen LogP) is 7.22. The second-order valence-corrected chi connectivity index (χ2v) is 9.85. The third kappa shape index (κ3) is 5.45. The summed E-state index contributed by atoms with van der Waals surface area (Å²) < 4.78 is 25.5. The number of benzene rings is 4. The highest BCUT2D eigenvalue weighted by atomic mass is 79.9. The van der Waals surface area contributed by atoms with Crippen LogP contribution in [0.4, 0.5) is 10.1 Å². The summed E-state index contributed by atoms with van der Waals surface area (Å²) >= 11 is 4.80. The fourth-order valence-electron chi connectivity index (χ4n) is 3.71. The monoisotopic (exact) mass is 562 g/mol. The second-order valence-electron chi connectivity index (χ2n) is 7.96. The molecule has 4 aromatic carbocycles. The molecular weight excluding hydrogens is 543 g/mol. The van der Waals surface area contributed by atoms with Crippen LogP contribution in [0.1, 0.15) is 11.1 Å². The van der Waals surface area contributed by atoms with Crippen molar-refractivity contribution in [2.45, 2.75) is 6.61 Å². The van der Waals surface area contributed by atoms with Crippen LogP contribution in [0.25, 0.3) is 16.8 Å². The first-order valence-electron chi connectivity index (χ1n) is 11.0. The first-order valence-corrected chi connectivity index (χ1v) is 12.6. The van der Waals surface area contributed by atoms with E-state index in [-0.39, 0.29) is 11.7 Å². The maximum Gasteiger partial charge on any atom is 0.264 e. The highest BCUT2D eigenvalue weighted by Gasteiger charge is 2.24. The van der Waals surface area contributed by atoms with Crippen LogP contribution in [0.15, 0.2) is 93.2 Å². The van der Waals surface area contributed by atoms with Crippen molar-refractivity contribution in [1.82, 2.24) is 5.32 Å². The van der Waals surface area contributed by atoms with Gasteiger partial charge in [0.2, 0.25) is 0 Å². The maximum atomic E-state index is 13.1. The molecule has 5 rings (SSSR count). The number of amidine groups is 1. The number of rotatable bonds is 6. The maximum absolute atomic E-state index is 13.1. The molecule has 1 aliphatic heterocycles. The van der Waals surface area contributed by atoms with Gasteiger partial charge in [-0.3, -0.25) is 4.79 Å². The molecule has 0 atom stereocenters. The number of methoxy groups -OCH3 is 1. The molecule has 0 saturated carbocycles. The molecule has 1 aliphatic rings. The number of carbonyl (C=O) groups excluding carboxylic acids is 1. The SMILES string of the molecule is COc1cc(/C=C2/SC(=Nc3ccc(F)cc3)NC2=O)cc(Br)c1OCc1ccc2ccccc2c1. The Bertz CT molecular complexity index is 1520. The van der Waals surface area contributed by atoms with E-state index in [0.29, 0.717) is 38.3 Å². The predicted molar refractivity (Wildman–Crippen MR) is 146 cm³/mol. The first kappa shape index (κ1) is 24.1. The van der Waals surface area contributed by atoms with Gasteiger partial charge in [0.25, 0.3) is 5.91 Å². The lowest BCUT2D eigenvalue weighted by molar-refractivity contribution is -0.115. The van der Waals surface area contributed by atoms with Crippen molar-refractivity contribution in [2.24, 2.45) is 4.99 Å². The van der Waals surface area contributed by atoms with Gasteiger partial charge in [-0.25, -0.2) is 9.38 Å². The van der Waals surface area contributed by atoms with Crippen molar-refractivity contribution in [3.05, 3.63) is 105 Å². The molecule has 8 heteroatoms. The molecule has 180 valence electrons. The van der Waals surface area contributed by atoms with Gasteiger partial charge in [-0.15, -0.1) is 0 Å². The van der Waals surface area contributed by atoms with Crippen molar-refractivity contribution in [2.75, 3.05) is 7.11 Å². The van der Waals surface area contributed by atoms with Crippen molar-refractivity contribution < 1.29 is 18.7 Å². The van der Waals surface area contributed by atoms with Crippen LogP contribution in [0.2, 0.25) is 0 Å². The average Bonchev–Trinajstić information content (AvgIpc) is 3.22. The third-order valence-electron chi connectivity index (χ3n) is 5.45. The second kappa shape index (κ2) is 10.6. The van der Waals surface area contributed by atoms with Gasteiger partial charge in [-0.2, -0.15) is 0 Å². The summed E-state index contributed by atoms with van der Waals surface area (Å²) in [4.78, 5) is 17.3. The summed E-state index contributed by atoms with van der Waals surface area (Å²) in [5, 5.41) is 5.50.